The van der Waals surface area contributed by atoms with E-state index < -0.39 is 0 Å². The van der Waals surface area contributed by atoms with Crippen molar-refractivity contribution >= 4 is 24.0 Å². The summed E-state index contributed by atoms with van der Waals surface area (Å²) in [6.45, 7) is 2.47. The van der Waals surface area contributed by atoms with Gasteiger partial charge in [0.15, 0.2) is 0 Å². The Bertz CT molecular complexity index is 294. The molecule has 0 amide bonds. The lowest BCUT2D eigenvalue weighted by molar-refractivity contribution is -0.905. The Labute approximate surface area is 97.4 Å². The lowest BCUT2D eigenvalue weighted by Gasteiger charge is -2.34. The van der Waals surface area contributed by atoms with Crippen LogP contribution >= 0.6 is 24.0 Å². The van der Waals surface area contributed by atoms with Crippen molar-refractivity contribution < 1.29 is 4.48 Å². The molecule has 13 heavy (non-hydrogen) atoms. The zero-order valence-corrected chi connectivity index (χ0v) is 10.6. The Morgan fingerprint density at radius 2 is 1.69 bits per heavy atom. The van der Waals surface area contributed by atoms with Crippen LogP contribution in [-0.2, 0) is 13.0 Å². The third-order valence-electron chi connectivity index (χ3n) is 2.70. The van der Waals surface area contributed by atoms with Gasteiger partial charge in [0.25, 0.3) is 0 Å². The zero-order valence-electron chi connectivity index (χ0n) is 8.29. The van der Waals surface area contributed by atoms with Crippen LogP contribution in [0.2, 0.25) is 0 Å². The topological polar surface area (TPSA) is 0 Å². The molecule has 1 heterocycles. The summed E-state index contributed by atoms with van der Waals surface area (Å²) in [7, 11) is 4.60. The van der Waals surface area contributed by atoms with E-state index in [1.165, 1.54) is 25.1 Å². The van der Waals surface area contributed by atoms with Crippen LogP contribution in [0.1, 0.15) is 11.1 Å². The van der Waals surface area contributed by atoms with E-state index in [1.54, 1.807) is 5.56 Å². The van der Waals surface area contributed by atoms with Gasteiger partial charge in [0, 0.05) is 12.0 Å². The van der Waals surface area contributed by atoms with Gasteiger partial charge in [-0.15, -0.1) is 24.0 Å². The molecule has 1 aliphatic heterocycles. The molecule has 2 rings (SSSR count). The molecule has 1 aliphatic rings. The van der Waals surface area contributed by atoms with Gasteiger partial charge in [-0.1, -0.05) is 24.3 Å². The summed E-state index contributed by atoms with van der Waals surface area (Å²) < 4.78 is 1.14. The van der Waals surface area contributed by atoms with Crippen molar-refractivity contribution in [2.75, 3.05) is 20.6 Å². The molecule has 0 saturated heterocycles. The monoisotopic (exact) mass is 290 g/mol. The van der Waals surface area contributed by atoms with Crippen molar-refractivity contribution in [3.8, 4) is 0 Å². The van der Waals surface area contributed by atoms with Gasteiger partial charge in [0.2, 0.25) is 0 Å². The third kappa shape index (κ3) is 2.44. The highest BCUT2D eigenvalue weighted by atomic mass is 127. The van der Waals surface area contributed by atoms with Crippen LogP contribution in [0.5, 0.6) is 0 Å². The number of halogens is 1. The second-order valence-electron chi connectivity index (χ2n) is 4.34. The van der Waals surface area contributed by atoms with E-state index in [0.29, 0.717) is 0 Å². The number of hydrogen-bond donors (Lipinski definition) is 0. The van der Waals surface area contributed by atoms with Crippen LogP contribution in [-0.4, -0.2) is 25.1 Å². The Kier molecular flexibility index (Phi) is 3.35. The average molecular weight is 290 g/mol. The Balaban J connectivity index is 0.000000845. The second kappa shape index (κ2) is 3.96. The lowest BCUT2D eigenvalue weighted by atomic mass is 9.99. The Hall–Kier alpha value is -0.0900. The van der Waals surface area contributed by atoms with E-state index in [4.69, 9.17) is 0 Å². The molecule has 0 N–H and O–H groups in total. The average Bonchev–Trinajstić information content (AvgIpc) is 2.02. The first-order chi connectivity index (χ1) is 5.67. The minimum atomic E-state index is 0. The molecular formula is C11H17IN+. The van der Waals surface area contributed by atoms with Crippen molar-refractivity contribution in [3.63, 3.8) is 0 Å². The number of fused-ring (bicyclic) bond motifs is 1. The standard InChI is InChI=1S/C11H16N.HI/c1-12(2)8-7-10-5-3-4-6-11(10)9-12;/h3-6H,7-9H2,1-2H3;1H/q+1;. The van der Waals surface area contributed by atoms with E-state index in [2.05, 4.69) is 38.4 Å². The molecule has 0 unspecified atom stereocenters. The molecule has 2 heteroatoms. The van der Waals surface area contributed by atoms with Crippen molar-refractivity contribution in [2.24, 2.45) is 0 Å². The van der Waals surface area contributed by atoms with E-state index in [1.807, 2.05) is 0 Å². The summed E-state index contributed by atoms with van der Waals surface area (Å²) in [5.74, 6) is 0. The quantitative estimate of drug-likeness (QED) is 0.508. The molecule has 1 aromatic carbocycles. The SMILES string of the molecule is C[N+]1(C)CCc2ccccc2C1.I. The molecule has 0 aromatic heterocycles. The van der Waals surface area contributed by atoms with Crippen molar-refractivity contribution in [1.82, 2.24) is 0 Å². The van der Waals surface area contributed by atoms with Crippen LogP contribution in [0.4, 0.5) is 0 Å². The van der Waals surface area contributed by atoms with Gasteiger partial charge >= 0.3 is 0 Å². The molecule has 0 spiro atoms. The van der Waals surface area contributed by atoms with Crippen LogP contribution in [0.3, 0.4) is 0 Å². The number of nitrogens with zero attached hydrogens (tertiary/aromatic N) is 1. The molecular weight excluding hydrogens is 273 g/mol. The van der Waals surface area contributed by atoms with Gasteiger partial charge in [-0.05, 0) is 5.56 Å². The number of benzene rings is 1. The van der Waals surface area contributed by atoms with E-state index in [0.717, 1.165) is 4.48 Å². The maximum Gasteiger partial charge on any atom is 0.104 e. The van der Waals surface area contributed by atoms with Gasteiger partial charge in [-0.25, -0.2) is 0 Å². The van der Waals surface area contributed by atoms with Crippen molar-refractivity contribution in [3.05, 3.63) is 35.4 Å². The summed E-state index contributed by atoms with van der Waals surface area (Å²) >= 11 is 0. The summed E-state index contributed by atoms with van der Waals surface area (Å²) in [5.41, 5.74) is 3.09. The highest BCUT2D eigenvalue weighted by molar-refractivity contribution is 14.0. The molecule has 0 saturated carbocycles. The maximum absolute atomic E-state index is 2.30. The minimum absolute atomic E-state index is 0. The molecule has 72 valence electrons. The fourth-order valence-electron chi connectivity index (χ4n) is 1.92. The van der Waals surface area contributed by atoms with Crippen LogP contribution in [0.25, 0.3) is 0 Å². The Morgan fingerprint density at radius 1 is 1.08 bits per heavy atom. The van der Waals surface area contributed by atoms with Gasteiger partial charge in [-0.3, -0.25) is 0 Å². The predicted molar refractivity (Wildman–Crippen MR) is 66.2 cm³/mol. The Morgan fingerprint density at radius 3 is 2.38 bits per heavy atom. The highest BCUT2D eigenvalue weighted by Crippen LogP contribution is 2.20. The van der Waals surface area contributed by atoms with E-state index >= 15 is 0 Å². The molecule has 0 atom stereocenters. The first-order valence-electron chi connectivity index (χ1n) is 4.56. The van der Waals surface area contributed by atoms with Crippen molar-refractivity contribution in [1.29, 1.82) is 0 Å². The fraction of sp³-hybridized carbons (Fsp3) is 0.455. The molecule has 0 fully saturated rings. The summed E-state index contributed by atoms with van der Waals surface area (Å²) in [4.78, 5) is 0. The number of likely N-dealkylation sites (N-methyl/N-ethyl adjacent to an activating group) is 1. The molecule has 0 aliphatic carbocycles. The molecule has 0 radical (unpaired) electrons. The van der Waals surface area contributed by atoms with Gasteiger partial charge < -0.3 is 4.48 Å². The van der Waals surface area contributed by atoms with Crippen molar-refractivity contribution in [2.45, 2.75) is 13.0 Å². The minimum Gasteiger partial charge on any atom is -0.324 e. The van der Waals surface area contributed by atoms with Crippen LogP contribution in [0.15, 0.2) is 24.3 Å². The van der Waals surface area contributed by atoms with E-state index in [-0.39, 0.29) is 24.0 Å². The largest absolute Gasteiger partial charge is 0.324 e. The number of rotatable bonds is 0. The number of hydrogen-bond acceptors (Lipinski definition) is 0. The first kappa shape index (κ1) is 11.0. The smallest absolute Gasteiger partial charge is 0.104 e. The van der Waals surface area contributed by atoms with Gasteiger partial charge in [0.1, 0.15) is 6.54 Å². The van der Waals surface area contributed by atoms with E-state index in [9.17, 15) is 0 Å². The first-order valence-corrected chi connectivity index (χ1v) is 4.56. The van der Waals surface area contributed by atoms with Gasteiger partial charge in [-0.2, -0.15) is 0 Å². The van der Waals surface area contributed by atoms with Crippen LogP contribution in [0, 0.1) is 0 Å². The molecule has 1 nitrogen and oxygen atoms in total. The maximum atomic E-state index is 2.30. The lowest BCUT2D eigenvalue weighted by Crippen LogP contribution is -2.43. The van der Waals surface area contributed by atoms with Crippen LogP contribution < -0.4 is 0 Å². The predicted octanol–water partition coefficient (Wildman–Crippen LogP) is 2.44. The third-order valence-corrected chi connectivity index (χ3v) is 2.70. The normalized spacial score (nSPS) is 18.6. The van der Waals surface area contributed by atoms with Gasteiger partial charge in [0.05, 0.1) is 20.6 Å². The fourth-order valence-corrected chi connectivity index (χ4v) is 1.92. The highest BCUT2D eigenvalue weighted by Gasteiger charge is 2.22. The number of quaternary nitrogens is 1. The molecule has 0 bridgehead atoms. The summed E-state index contributed by atoms with van der Waals surface area (Å²) in [6.07, 6.45) is 1.24. The zero-order chi connectivity index (χ0) is 8.60. The summed E-state index contributed by atoms with van der Waals surface area (Å²) in [5, 5.41) is 0. The summed E-state index contributed by atoms with van der Waals surface area (Å²) in [6, 6.07) is 8.80. The molecule has 1 aromatic rings. The second-order valence-corrected chi connectivity index (χ2v) is 4.34.